The van der Waals surface area contributed by atoms with Gasteiger partial charge < -0.3 is 21.3 Å². The summed E-state index contributed by atoms with van der Waals surface area (Å²) in [6, 6.07) is 0. The maximum atomic E-state index is 6.23. The lowest BCUT2D eigenvalue weighted by Crippen LogP contribution is -2.51. The van der Waals surface area contributed by atoms with Crippen LogP contribution in [0, 0.1) is 0 Å². The van der Waals surface area contributed by atoms with E-state index in [9.17, 15) is 0 Å². The molecule has 1 aromatic rings. The van der Waals surface area contributed by atoms with Gasteiger partial charge in [0.2, 0.25) is 0 Å². The highest BCUT2D eigenvalue weighted by Gasteiger charge is 2.29. The molecule has 5 N–H and O–H groups in total. The van der Waals surface area contributed by atoms with Crippen molar-refractivity contribution in [2.45, 2.75) is 48.4 Å². The Morgan fingerprint density at radius 3 is 2.92 bits per heavy atom. The molecular formula is C16H27N7S. The number of H-pyrrole nitrogens is 1. The van der Waals surface area contributed by atoms with Gasteiger partial charge >= 0.3 is 0 Å². The molecule has 4 rings (SSSR count). The molecule has 3 aliphatic heterocycles. The number of piperidine rings is 2. The summed E-state index contributed by atoms with van der Waals surface area (Å²) < 4.78 is 0. The van der Waals surface area contributed by atoms with E-state index in [-0.39, 0.29) is 5.54 Å². The van der Waals surface area contributed by atoms with E-state index in [0.717, 1.165) is 67.9 Å². The van der Waals surface area contributed by atoms with E-state index >= 15 is 0 Å². The fourth-order valence-corrected chi connectivity index (χ4v) is 4.70. The maximum Gasteiger partial charge on any atom is 0.174 e. The van der Waals surface area contributed by atoms with Crippen LogP contribution in [-0.2, 0) is 0 Å². The molecule has 1 aromatic heterocycles. The molecule has 132 valence electrons. The number of amidine groups is 1. The third kappa shape index (κ3) is 3.41. The minimum absolute atomic E-state index is 0.0316. The van der Waals surface area contributed by atoms with E-state index < -0.39 is 0 Å². The van der Waals surface area contributed by atoms with Crippen LogP contribution in [0.2, 0.25) is 0 Å². The first-order chi connectivity index (χ1) is 11.6. The van der Waals surface area contributed by atoms with Gasteiger partial charge in [0, 0.05) is 30.4 Å². The molecule has 0 aliphatic carbocycles. The molecule has 0 aromatic carbocycles. The van der Waals surface area contributed by atoms with Gasteiger partial charge in [-0.2, -0.15) is 5.10 Å². The average Bonchev–Trinajstić information content (AvgIpc) is 2.98. The highest BCUT2D eigenvalue weighted by atomic mass is 32.2. The van der Waals surface area contributed by atoms with Gasteiger partial charge in [0.15, 0.2) is 5.82 Å². The van der Waals surface area contributed by atoms with E-state index in [1.165, 1.54) is 12.8 Å². The highest BCUT2D eigenvalue weighted by Crippen LogP contribution is 2.38. The van der Waals surface area contributed by atoms with Crippen LogP contribution in [0.25, 0.3) is 0 Å². The lowest BCUT2D eigenvalue weighted by atomic mass is 9.91. The molecule has 7 nitrogen and oxygen atoms in total. The smallest absolute Gasteiger partial charge is 0.174 e. The summed E-state index contributed by atoms with van der Waals surface area (Å²) in [5.41, 5.74) is 7.27. The zero-order valence-electron chi connectivity index (χ0n) is 14.3. The van der Waals surface area contributed by atoms with E-state index in [4.69, 9.17) is 10.7 Å². The second kappa shape index (κ2) is 6.57. The number of nitrogens with zero attached hydrogens (tertiary/aromatic N) is 3. The molecule has 4 heterocycles. The van der Waals surface area contributed by atoms with E-state index in [1.54, 1.807) is 0 Å². The molecule has 2 fully saturated rings. The second-order valence-electron chi connectivity index (χ2n) is 7.36. The zero-order valence-corrected chi connectivity index (χ0v) is 15.1. The number of nitrogens with two attached hydrogens (primary N) is 1. The minimum atomic E-state index is -0.0316. The lowest BCUT2D eigenvalue weighted by molar-refractivity contribution is 0.243. The van der Waals surface area contributed by atoms with Crippen molar-refractivity contribution in [1.29, 1.82) is 0 Å². The Bertz CT molecular complexity index is 608. The number of thioether (sulfide) groups is 1. The monoisotopic (exact) mass is 349 g/mol. The van der Waals surface area contributed by atoms with Crippen molar-refractivity contribution in [3.8, 4) is 0 Å². The lowest BCUT2D eigenvalue weighted by Gasteiger charge is -2.39. The summed E-state index contributed by atoms with van der Waals surface area (Å²) in [6.07, 6.45) is 4.52. The standard InChI is InChI=1S/C16H27N7S/c1-16(17)4-7-23(8-5-16)12-10-19-13-14(20-12)21-22-15(13)24-11-3-2-6-18-9-11/h11,18-19H,2-10,17H2,1H3,(H,21,22). The van der Waals surface area contributed by atoms with Crippen LogP contribution in [0.3, 0.4) is 0 Å². The Balaban J connectivity index is 1.44. The van der Waals surface area contributed by atoms with Gasteiger partial charge in [0.25, 0.3) is 0 Å². The number of rotatable bonds is 2. The number of likely N-dealkylation sites (tertiary alicyclic amines) is 1. The van der Waals surface area contributed by atoms with Crippen LogP contribution in [-0.4, -0.2) is 64.4 Å². The number of aromatic amines is 1. The van der Waals surface area contributed by atoms with Crippen molar-refractivity contribution in [1.82, 2.24) is 20.4 Å². The largest absolute Gasteiger partial charge is 0.373 e. The highest BCUT2D eigenvalue weighted by molar-refractivity contribution is 8.00. The van der Waals surface area contributed by atoms with Gasteiger partial charge in [-0.25, -0.2) is 4.99 Å². The number of fused-ring (bicyclic) bond motifs is 1. The Morgan fingerprint density at radius 2 is 2.17 bits per heavy atom. The number of aromatic nitrogens is 2. The molecule has 0 radical (unpaired) electrons. The van der Waals surface area contributed by atoms with Gasteiger partial charge in [-0.1, -0.05) is 11.8 Å². The van der Waals surface area contributed by atoms with Crippen LogP contribution in [0.15, 0.2) is 10.0 Å². The van der Waals surface area contributed by atoms with E-state index in [0.29, 0.717) is 5.25 Å². The van der Waals surface area contributed by atoms with Gasteiger partial charge in [0.05, 0.1) is 6.54 Å². The first kappa shape index (κ1) is 16.2. The summed E-state index contributed by atoms with van der Waals surface area (Å²) in [7, 11) is 0. The molecule has 3 aliphatic rings. The van der Waals surface area contributed by atoms with Crippen molar-refractivity contribution in [3.05, 3.63) is 0 Å². The SMILES string of the molecule is CC1(N)CCN(C2=Nc3[nH]nc(SC4CCCNC4)c3NC2)CC1. The van der Waals surface area contributed by atoms with Crippen molar-refractivity contribution in [2.75, 3.05) is 38.0 Å². The molecule has 8 heteroatoms. The predicted molar refractivity (Wildman–Crippen MR) is 99.3 cm³/mol. The Labute approximate surface area is 147 Å². The molecule has 0 bridgehead atoms. The third-order valence-corrected chi connectivity index (χ3v) is 6.43. The number of hydrogen-bond acceptors (Lipinski definition) is 7. The zero-order chi connectivity index (χ0) is 16.6. The molecule has 0 saturated carbocycles. The van der Waals surface area contributed by atoms with Crippen LogP contribution in [0.5, 0.6) is 0 Å². The Morgan fingerprint density at radius 1 is 1.33 bits per heavy atom. The molecule has 1 atom stereocenters. The van der Waals surface area contributed by atoms with Gasteiger partial charge in [0.1, 0.15) is 16.5 Å². The second-order valence-corrected chi connectivity index (χ2v) is 8.65. The third-order valence-electron chi connectivity index (χ3n) is 5.18. The molecular weight excluding hydrogens is 322 g/mol. The summed E-state index contributed by atoms with van der Waals surface area (Å²) in [4.78, 5) is 7.17. The van der Waals surface area contributed by atoms with Crippen LogP contribution < -0.4 is 16.4 Å². The molecule has 1 unspecified atom stereocenters. The van der Waals surface area contributed by atoms with Crippen molar-refractivity contribution in [2.24, 2.45) is 10.7 Å². The first-order valence-electron chi connectivity index (χ1n) is 8.92. The topological polar surface area (TPSA) is 94.4 Å². The fourth-order valence-electron chi connectivity index (χ4n) is 3.51. The van der Waals surface area contributed by atoms with Gasteiger partial charge in [-0.3, -0.25) is 5.10 Å². The van der Waals surface area contributed by atoms with Crippen LogP contribution >= 0.6 is 11.8 Å². The molecule has 0 amide bonds. The summed E-state index contributed by atoms with van der Waals surface area (Å²) in [5, 5.41) is 16.2. The maximum absolute atomic E-state index is 6.23. The Hall–Kier alpha value is -1.25. The molecule has 2 saturated heterocycles. The van der Waals surface area contributed by atoms with Gasteiger partial charge in [-0.05, 0) is 39.2 Å². The number of hydrogen-bond donors (Lipinski definition) is 4. The number of anilines is 1. The first-order valence-corrected chi connectivity index (χ1v) is 9.80. The summed E-state index contributed by atoms with van der Waals surface area (Å²) >= 11 is 1.86. The van der Waals surface area contributed by atoms with Crippen molar-refractivity contribution >= 4 is 29.1 Å². The van der Waals surface area contributed by atoms with Gasteiger partial charge in [-0.15, -0.1) is 0 Å². The van der Waals surface area contributed by atoms with Crippen LogP contribution in [0.1, 0.15) is 32.6 Å². The number of aliphatic imine (C=N–C) groups is 1. The molecule has 24 heavy (non-hydrogen) atoms. The normalized spacial score (nSPS) is 26.5. The summed E-state index contributed by atoms with van der Waals surface area (Å²) in [5.74, 6) is 1.96. The van der Waals surface area contributed by atoms with Crippen LogP contribution in [0.4, 0.5) is 11.5 Å². The van der Waals surface area contributed by atoms with E-state index in [1.807, 2.05) is 11.8 Å². The van der Waals surface area contributed by atoms with E-state index in [2.05, 4.69) is 32.7 Å². The Kier molecular flexibility index (Phi) is 4.44. The summed E-state index contributed by atoms with van der Waals surface area (Å²) in [6.45, 7) is 7.07. The van der Waals surface area contributed by atoms with Crippen molar-refractivity contribution in [3.63, 3.8) is 0 Å². The van der Waals surface area contributed by atoms with Crippen molar-refractivity contribution < 1.29 is 0 Å². The predicted octanol–water partition coefficient (Wildman–Crippen LogP) is 1.52. The average molecular weight is 350 g/mol. The number of nitrogens with one attached hydrogen (secondary N) is 3. The fraction of sp³-hybridized carbons (Fsp3) is 0.750. The quantitative estimate of drug-likeness (QED) is 0.647. The minimum Gasteiger partial charge on any atom is -0.373 e. The molecule has 0 spiro atoms.